The molecule has 4 rings (SSSR count). The quantitative estimate of drug-likeness (QED) is 0.544. The Hall–Kier alpha value is -2.51. The van der Waals surface area contributed by atoms with Gasteiger partial charge in [-0.1, -0.05) is 42.5 Å². The van der Waals surface area contributed by atoms with Gasteiger partial charge in [-0.15, -0.1) is 0 Å². The molecule has 1 N–H and O–H groups in total. The number of nitrogens with zero attached hydrogens (tertiary/aromatic N) is 3. The zero-order chi connectivity index (χ0) is 21.1. The van der Waals surface area contributed by atoms with Crippen LogP contribution in [0, 0.1) is 11.8 Å². The number of fused-ring (bicyclic) bond motifs is 1. The van der Waals surface area contributed by atoms with Crippen LogP contribution >= 0.6 is 0 Å². The molecule has 0 saturated carbocycles. The second-order valence-corrected chi connectivity index (χ2v) is 8.37. The first-order chi connectivity index (χ1) is 14.6. The van der Waals surface area contributed by atoms with E-state index < -0.39 is 12.0 Å². The second-order valence-electron chi connectivity index (χ2n) is 8.37. The van der Waals surface area contributed by atoms with Crippen molar-refractivity contribution in [1.82, 2.24) is 14.7 Å². The van der Waals surface area contributed by atoms with E-state index in [1.165, 1.54) is 4.90 Å². The third kappa shape index (κ3) is 4.18. The molecule has 2 fully saturated rings. The lowest BCUT2D eigenvalue weighted by molar-refractivity contribution is -0.144. The summed E-state index contributed by atoms with van der Waals surface area (Å²) in [5, 5.41) is 9.72. The standard InChI is InChI=1S/C23H29N3O4/c27-21-18-9-4-5-10-19(18)22(28)26(21)12-6-11-24-13-15-25(16-14-24)20(23(29)30)17-7-2-1-3-8-17/h1-5,7-8,18-20H,6,9-16H2,(H,29,30). The van der Waals surface area contributed by atoms with Crippen molar-refractivity contribution in [1.29, 1.82) is 0 Å². The van der Waals surface area contributed by atoms with E-state index in [-0.39, 0.29) is 23.7 Å². The van der Waals surface area contributed by atoms with Crippen molar-refractivity contribution < 1.29 is 19.5 Å². The summed E-state index contributed by atoms with van der Waals surface area (Å²) in [5.74, 6) is -1.15. The van der Waals surface area contributed by atoms with Gasteiger partial charge in [-0.2, -0.15) is 0 Å². The first-order valence-corrected chi connectivity index (χ1v) is 10.8. The van der Waals surface area contributed by atoms with Crippen LogP contribution in [0.3, 0.4) is 0 Å². The number of allylic oxidation sites excluding steroid dienone is 2. The fraction of sp³-hybridized carbons (Fsp3) is 0.522. The zero-order valence-electron chi connectivity index (χ0n) is 17.2. The topological polar surface area (TPSA) is 81.2 Å². The molecule has 0 bridgehead atoms. The van der Waals surface area contributed by atoms with E-state index in [1.54, 1.807) is 0 Å². The van der Waals surface area contributed by atoms with E-state index in [9.17, 15) is 19.5 Å². The molecule has 7 nitrogen and oxygen atoms in total. The van der Waals surface area contributed by atoms with Crippen molar-refractivity contribution in [3.05, 3.63) is 48.0 Å². The van der Waals surface area contributed by atoms with E-state index >= 15 is 0 Å². The van der Waals surface area contributed by atoms with Crippen LogP contribution in [0.25, 0.3) is 0 Å². The van der Waals surface area contributed by atoms with Gasteiger partial charge >= 0.3 is 5.97 Å². The monoisotopic (exact) mass is 411 g/mol. The predicted molar refractivity (Wildman–Crippen MR) is 112 cm³/mol. The normalized spacial score (nSPS) is 26.1. The van der Waals surface area contributed by atoms with Crippen molar-refractivity contribution in [2.75, 3.05) is 39.3 Å². The van der Waals surface area contributed by atoms with Gasteiger partial charge in [-0.05, 0) is 31.4 Å². The number of hydrogen-bond acceptors (Lipinski definition) is 5. The van der Waals surface area contributed by atoms with Crippen molar-refractivity contribution in [3.8, 4) is 0 Å². The van der Waals surface area contributed by atoms with Gasteiger partial charge in [0.1, 0.15) is 6.04 Å². The summed E-state index contributed by atoms with van der Waals surface area (Å²) in [5.41, 5.74) is 0.806. The summed E-state index contributed by atoms with van der Waals surface area (Å²) >= 11 is 0. The van der Waals surface area contributed by atoms with E-state index in [1.807, 2.05) is 47.4 Å². The second kappa shape index (κ2) is 9.10. The van der Waals surface area contributed by atoms with E-state index in [4.69, 9.17) is 0 Å². The number of carboxylic acids is 1. The number of aliphatic carboxylic acids is 1. The molecule has 1 aromatic carbocycles. The molecule has 30 heavy (non-hydrogen) atoms. The number of carbonyl (C=O) groups is 3. The van der Waals surface area contributed by atoms with E-state index in [2.05, 4.69) is 4.90 Å². The Labute approximate surface area is 176 Å². The third-order valence-electron chi connectivity index (χ3n) is 6.58. The number of imide groups is 1. The van der Waals surface area contributed by atoms with Crippen LogP contribution in [0.5, 0.6) is 0 Å². The summed E-state index contributed by atoms with van der Waals surface area (Å²) in [6.45, 7) is 4.22. The number of likely N-dealkylation sites (tertiary alicyclic amines) is 1. The molecule has 0 aromatic heterocycles. The molecule has 2 aliphatic heterocycles. The van der Waals surface area contributed by atoms with E-state index in [0.29, 0.717) is 32.5 Å². The lowest BCUT2D eigenvalue weighted by Gasteiger charge is -2.38. The lowest BCUT2D eigenvalue weighted by Crippen LogP contribution is -2.49. The molecule has 0 spiro atoms. The maximum atomic E-state index is 12.5. The van der Waals surface area contributed by atoms with Crippen molar-refractivity contribution in [2.45, 2.75) is 25.3 Å². The van der Waals surface area contributed by atoms with E-state index in [0.717, 1.165) is 31.6 Å². The molecule has 2 saturated heterocycles. The van der Waals surface area contributed by atoms with Crippen molar-refractivity contribution in [2.24, 2.45) is 11.8 Å². The predicted octanol–water partition coefficient (Wildman–Crippen LogP) is 1.77. The Bertz CT molecular complexity index is 791. The first-order valence-electron chi connectivity index (χ1n) is 10.8. The molecule has 1 aromatic rings. The minimum atomic E-state index is -0.823. The molecule has 2 heterocycles. The van der Waals surface area contributed by atoms with Crippen LogP contribution in [0.4, 0.5) is 0 Å². The summed E-state index contributed by atoms with van der Waals surface area (Å²) < 4.78 is 0. The molecular weight excluding hydrogens is 382 g/mol. The average molecular weight is 412 g/mol. The fourth-order valence-electron chi connectivity index (χ4n) is 4.93. The Kier molecular flexibility index (Phi) is 6.29. The van der Waals surface area contributed by atoms with Gasteiger partial charge in [-0.3, -0.25) is 24.2 Å². The molecule has 3 unspecified atom stereocenters. The number of carbonyl (C=O) groups excluding carboxylic acids is 2. The molecule has 3 atom stereocenters. The minimum absolute atomic E-state index is 0.00803. The van der Waals surface area contributed by atoms with Gasteiger partial charge in [0.05, 0.1) is 11.8 Å². The summed E-state index contributed by atoms with van der Waals surface area (Å²) in [6, 6.07) is 8.74. The molecule has 2 amide bonds. The fourth-order valence-corrected chi connectivity index (χ4v) is 4.93. The highest BCUT2D eigenvalue weighted by Crippen LogP contribution is 2.35. The number of piperazine rings is 1. The number of carboxylic acid groups (broad SMARTS) is 1. The van der Waals surface area contributed by atoms with Crippen LogP contribution < -0.4 is 0 Å². The highest BCUT2D eigenvalue weighted by atomic mass is 16.4. The largest absolute Gasteiger partial charge is 0.480 e. The lowest BCUT2D eigenvalue weighted by atomic mass is 9.85. The zero-order valence-corrected chi connectivity index (χ0v) is 17.2. The van der Waals surface area contributed by atoms with Gasteiger partial charge in [0.2, 0.25) is 11.8 Å². The number of amides is 2. The Morgan fingerprint density at radius 3 is 2.10 bits per heavy atom. The maximum Gasteiger partial charge on any atom is 0.325 e. The Balaban J connectivity index is 1.25. The molecular formula is C23H29N3O4. The molecule has 3 aliphatic rings. The van der Waals surface area contributed by atoms with Crippen LogP contribution in [0.15, 0.2) is 42.5 Å². The summed E-state index contributed by atoms with van der Waals surface area (Å²) in [7, 11) is 0. The minimum Gasteiger partial charge on any atom is -0.480 e. The molecule has 0 radical (unpaired) electrons. The number of rotatable bonds is 7. The van der Waals surface area contributed by atoms with Gasteiger partial charge in [-0.25, -0.2) is 0 Å². The third-order valence-corrected chi connectivity index (χ3v) is 6.58. The summed E-state index contributed by atoms with van der Waals surface area (Å²) in [6.07, 6.45) is 6.13. The van der Waals surface area contributed by atoms with Gasteiger partial charge in [0.25, 0.3) is 0 Å². The number of hydrogen-bond donors (Lipinski definition) is 1. The maximum absolute atomic E-state index is 12.5. The summed E-state index contributed by atoms with van der Waals surface area (Å²) in [4.78, 5) is 42.7. The number of benzene rings is 1. The SMILES string of the molecule is O=C(O)C(c1ccccc1)N1CCN(CCCN2C(=O)C3CC=CCC3C2=O)CC1. The van der Waals surface area contributed by atoms with Crippen LogP contribution in [0.2, 0.25) is 0 Å². The van der Waals surface area contributed by atoms with Crippen molar-refractivity contribution >= 4 is 17.8 Å². The average Bonchev–Trinajstić information content (AvgIpc) is 3.01. The van der Waals surface area contributed by atoms with Gasteiger partial charge in [0.15, 0.2) is 0 Å². The van der Waals surface area contributed by atoms with Gasteiger partial charge < -0.3 is 10.0 Å². The van der Waals surface area contributed by atoms with Crippen LogP contribution in [-0.4, -0.2) is 76.9 Å². The molecule has 1 aliphatic carbocycles. The molecule has 7 heteroatoms. The van der Waals surface area contributed by atoms with Gasteiger partial charge in [0, 0.05) is 32.7 Å². The Morgan fingerprint density at radius 2 is 1.53 bits per heavy atom. The van der Waals surface area contributed by atoms with Crippen molar-refractivity contribution in [3.63, 3.8) is 0 Å². The van der Waals surface area contributed by atoms with Crippen LogP contribution in [0.1, 0.15) is 30.9 Å². The highest BCUT2D eigenvalue weighted by Gasteiger charge is 2.46. The smallest absolute Gasteiger partial charge is 0.325 e. The van der Waals surface area contributed by atoms with Crippen LogP contribution in [-0.2, 0) is 14.4 Å². The highest BCUT2D eigenvalue weighted by molar-refractivity contribution is 6.05. The first kappa shape index (κ1) is 20.8. The Morgan fingerprint density at radius 1 is 0.933 bits per heavy atom. The molecule has 160 valence electrons.